The van der Waals surface area contributed by atoms with Crippen LogP contribution in [0.15, 0.2) is 12.1 Å². The quantitative estimate of drug-likeness (QED) is 0.497. The molecule has 0 bridgehead atoms. The van der Waals surface area contributed by atoms with Gasteiger partial charge >= 0.3 is 12.1 Å². The molecule has 0 unspecified atom stereocenters. The van der Waals surface area contributed by atoms with E-state index in [1.807, 2.05) is 0 Å². The number of carboxylic acids is 1. The molecule has 15 heavy (non-hydrogen) atoms. The lowest BCUT2D eigenvalue weighted by Crippen LogP contribution is -2.09. The van der Waals surface area contributed by atoms with Crippen LogP contribution in [0.4, 0.5) is 18.9 Å². The molecule has 0 aliphatic heterocycles. The van der Waals surface area contributed by atoms with E-state index in [4.69, 9.17) is 15.9 Å². The van der Waals surface area contributed by atoms with Crippen LogP contribution in [0.25, 0.3) is 0 Å². The predicted octanol–water partition coefficient (Wildman–Crippen LogP) is 1.69. The fraction of sp³-hybridized carbons (Fsp3) is 0.125. The summed E-state index contributed by atoms with van der Waals surface area (Å²) in [7, 11) is 0. The second-order valence-corrected chi connectivity index (χ2v) is 2.77. The molecule has 0 spiro atoms. The second kappa shape index (κ2) is 3.34. The fourth-order valence-electron chi connectivity index (χ4n) is 1.04. The number of carboxylic acid groups (broad SMARTS) is 1. The van der Waals surface area contributed by atoms with Crippen LogP contribution in [0, 0.1) is 0 Å². The number of aromatic hydroxyl groups is 1. The molecule has 0 saturated heterocycles. The summed E-state index contributed by atoms with van der Waals surface area (Å²) in [5.74, 6) is -3.01. The van der Waals surface area contributed by atoms with E-state index in [0.29, 0.717) is 6.07 Å². The van der Waals surface area contributed by atoms with Gasteiger partial charge in [-0.05, 0) is 12.1 Å². The van der Waals surface area contributed by atoms with Crippen molar-refractivity contribution in [1.82, 2.24) is 0 Å². The van der Waals surface area contributed by atoms with Crippen molar-refractivity contribution in [3.8, 4) is 5.75 Å². The number of benzene rings is 1. The normalized spacial score (nSPS) is 11.4. The molecule has 0 amide bonds. The van der Waals surface area contributed by atoms with Crippen molar-refractivity contribution in [3.05, 3.63) is 23.3 Å². The summed E-state index contributed by atoms with van der Waals surface area (Å²) in [5.41, 5.74) is 2.38. The summed E-state index contributed by atoms with van der Waals surface area (Å²) in [4.78, 5) is 10.5. The highest BCUT2D eigenvalue weighted by atomic mass is 19.4. The summed E-state index contributed by atoms with van der Waals surface area (Å²) in [6.07, 6.45) is -4.84. The minimum Gasteiger partial charge on any atom is -0.506 e. The Morgan fingerprint density at radius 3 is 2.27 bits per heavy atom. The number of alkyl halides is 3. The third kappa shape index (κ3) is 2.12. The van der Waals surface area contributed by atoms with Gasteiger partial charge in [0.1, 0.15) is 16.9 Å². The molecule has 0 aliphatic carbocycles. The molecule has 7 heteroatoms. The average Bonchev–Trinajstić information content (AvgIpc) is 2.06. The molecule has 0 fully saturated rings. The summed E-state index contributed by atoms with van der Waals surface area (Å²) in [5, 5.41) is 17.6. The van der Waals surface area contributed by atoms with Crippen molar-refractivity contribution < 1.29 is 28.2 Å². The molecule has 0 atom stereocenters. The Morgan fingerprint density at radius 1 is 1.33 bits per heavy atom. The number of nitrogen functional groups attached to an aromatic ring is 1. The fourth-order valence-corrected chi connectivity index (χ4v) is 1.04. The maximum Gasteiger partial charge on any atom is 0.420 e. The summed E-state index contributed by atoms with van der Waals surface area (Å²) >= 11 is 0. The van der Waals surface area contributed by atoms with Gasteiger partial charge in [0.2, 0.25) is 0 Å². The summed E-state index contributed by atoms with van der Waals surface area (Å²) in [6, 6.07) is 1.23. The first-order valence-electron chi connectivity index (χ1n) is 3.66. The van der Waals surface area contributed by atoms with Crippen LogP contribution in [0.3, 0.4) is 0 Å². The summed E-state index contributed by atoms with van der Waals surface area (Å²) < 4.78 is 36.8. The molecular weight excluding hydrogens is 215 g/mol. The highest BCUT2D eigenvalue weighted by Gasteiger charge is 2.36. The molecular formula is C8H6F3NO3. The first-order chi connectivity index (χ1) is 6.73. The average molecular weight is 221 g/mol. The lowest BCUT2D eigenvalue weighted by Gasteiger charge is -2.11. The third-order valence-corrected chi connectivity index (χ3v) is 1.67. The number of halogens is 3. The van der Waals surface area contributed by atoms with Gasteiger partial charge in [0.25, 0.3) is 0 Å². The lowest BCUT2D eigenvalue weighted by molar-refractivity contribution is -0.138. The smallest absolute Gasteiger partial charge is 0.420 e. The van der Waals surface area contributed by atoms with Crippen molar-refractivity contribution >= 4 is 11.7 Å². The first kappa shape index (κ1) is 11.2. The van der Waals surface area contributed by atoms with Gasteiger partial charge in [-0.25, -0.2) is 4.79 Å². The SMILES string of the molecule is Nc1cc(C(=O)O)c(O)c(C(F)(F)F)c1. The topological polar surface area (TPSA) is 83.6 Å². The van der Waals surface area contributed by atoms with Gasteiger partial charge < -0.3 is 15.9 Å². The van der Waals surface area contributed by atoms with E-state index in [9.17, 15) is 18.0 Å². The zero-order chi connectivity index (χ0) is 11.8. The minimum absolute atomic E-state index is 0.377. The molecule has 82 valence electrons. The van der Waals surface area contributed by atoms with E-state index in [0.717, 1.165) is 6.07 Å². The minimum atomic E-state index is -4.84. The Hall–Kier alpha value is -1.92. The third-order valence-electron chi connectivity index (χ3n) is 1.67. The molecule has 0 radical (unpaired) electrons. The Bertz CT molecular complexity index is 414. The predicted molar refractivity (Wildman–Crippen MR) is 44.5 cm³/mol. The second-order valence-electron chi connectivity index (χ2n) is 2.77. The molecule has 0 saturated carbocycles. The number of aromatic carboxylic acids is 1. The van der Waals surface area contributed by atoms with Crippen LogP contribution in [-0.2, 0) is 6.18 Å². The van der Waals surface area contributed by atoms with Crippen molar-refractivity contribution in [2.45, 2.75) is 6.18 Å². The zero-order valence-corrected chi connectivity index (χ0v) is 7.17. The van der Waals surface area contributed by atoms with E-state index in [1.165, 1.54) is 0 Å². The maximum absolute atomic E-state index is 12.3. The highest BCUT2D eigenvalue weighted by molar-refractivity contribution is 5.92. The summed E-state index contributed by atoms with van der Waals surface area (Å²) in [6.45, 7) is 0. The monoisotopic (exact) mass is 221 g/mol. The number of hydrogen-bond acceptors (Lipinski definition) is 3. The van der Waals surface area contributed by atoms with E-state index in [2.05, 4.69) is 0 Å². The van der Waals surface area contributed by atoms with Crippen LogP contribution in [0.2, 0.25) is 0 Å². The van der Waals surface area contributed by atoms with Crippen LogP contribution < -0.4 is 5.73 Å². The number of phenols is 1. The molecule has 0 heterocycles. The standard InChI is InChI=1S/C8H6F3NO3/c9-8(10,11)5-2-3(12)1-4(6(5)13)7(14)15/h1-2,13H,12H2,(H,14,15). The van der Waals surface area contributed by atoms with Crippen molar-refractivity contribution in [3.63, 3.8) is 0 Å². The Balaban J connectivity index is 3.49. The number of carbonyl (C=O) groups is 1. The van der Waals surface area contributed by atoms with Gasteiger partial charge in [0, 0.05) is 5.69 Å². The molecule has 1 aromatic rings. The van der Waals surface area contributed by atoms with E-state index < -0.39 is 29.0 Å². The van der Waals surface area contributed by atoms with Gasteiger partial charge in [-0.15, -0.1) is 0 Å². The van der Waals surface area contributed by atoms with Gasteiger partial charge in [0.15, 0.2) is 0 Å². The van der Waals surface area contributed by atoms with Crippen molar-refractivity contribution in [2.75, 3.05) is 5.73 Å². The highest BCUT2D eigenvalue weighted by Crippen LogP contribution is 2.38. The van der Waals surface area contributed by atoms with Gasteiger partial charge in [-0.1, -0.05) is 0 Å². The zero-order valence-electron chi connectivity index (χ0n) is 7.17. The first-order valence-corrected chi connectivity index (χ1v) is 3.66. The number of rotatable bonds is 1. The molecule has 4 nitrogen and oxygen atoms in total. The van der Waals surface area contributed by atoms with E-state index in [-0.39, 0.29) is 5.69 Å². The molecule has 1 rings (SSSR count). The van der Waals surface area contributed by atoms with Crippen LogP contribution in [-0.4, -0.2) is 16.2 Å². The van der Waals surface area contributed by atoms with Crippen LogP contribution in [0.1, 0.15) is 15.9 Å². The maximum atomic E-state index is 12.3. The van der Waals surface area contributed by atoms with Crippen molar-refractivity contribution in [2.24, 2.45) is 0 Å². The van der Waals surface area contributed by atoms with E-state index >= 15 is 0 Å². The molecule has 1 aromatic carbocycles. The number of anilines is 1. The molecule has 4 N–H and O–H groups in total. The Kier molecular flexibility index (Phi) is 2.48. The lowest BCUT2D eigenvalue weighted by atomic mass is 10.1. The molecule has 0 aliphatic rings. The van der Waals surface area contributed by atoms with Crippen LogP contribution >= 0.6 is 0 Å². The van der Waals surface area contributed by atoms with Crippen LogP contribution in [0.5, 0.6) is 5.75 Å². The van der Waals surface area contributed by atoms with Gasteiger partial charge in [-0.3, -0.25) is 0 Å². The van der Waals surface area contributed by atoms with Crippen molar-refractivity contribution in [1.29, 1.82) is 0 Å². The Labute approximate surface area is 81.7 Å². The van der Waals surface area contributed by atoms with Gasteiger partial charge in [-0.2, -0.15) is 13.2 Å². The number of nitrogens with two attached hydrogens (primary N) is 1. The molecule has 0 aromatic heterocycles. The van der Waals surface area contributed by atoms with Gasteiger partial charge in [0.05, 0.1) is 0 Å². The Morgan fingerprint density at radius 2 is 1.87 bits per heavy atom. The largest absolute Gasteiger partial charge is 0.506 e. The number of hydrogen-bond donors (Lipinski definition) is 3. The van der Waals surface area contributed by atoms with E-state index in [1.54, 1.807) is 0 Å².